The van der Waals surface area contributed by atoms with E-state index < -0.39 is 0 Å². The number of anilines is 1. The van der Waals surface area contributed by atoms with Crippen molar-refractivity contribution < 1.29 is 9.32 Å². The van der Waals surface area contributed by atoms with E-state index in [2.05, 4.69) is 31.3 Å². The fraction of sp³-hybridized carbons (Fsp3) is 0.471. The minimum Gasteiger partial charge on any atom is -0.340 e. The van der Waals surface area contributed by atoms with Crippen LogP contribution in [0.3, 0.4) is 0 Å². The molecule has 0 unspecified atom stereocenters. The molecular weight excluding hydrogens is 306 g/mol. The summed E-state index contributed by atoms with van der Waals surface area (Å²) in [5.41, 5.74) is 2.06. The summed E-state index contributed by atoms with van der Waals surface area (Å²) in [7, 11) is 0. The second-order valence-electron chi connectivity index (χ2n) is 6.16. The Kier molecular flexibility index (Phi) is 5.22. The number of nitrogens with zero attached hydrogens (tertiary/aromatic N) is 4. The molecule has 1 N–H and O–H groups in total. The first kappa shape index (κ1) is 16.6. The van der Waals surface area contributed by atoms with Crippen molar-refractivity contribution >= 4 is 11.6 Å². The topological polar surface area (TPSA) is 74.5 Å². The van der Waals surface area contributed by atoms with Crippen molar-refractivity contribution in [1.29, 1.82) is 0 Å². The maximum absolute atomic E-state index is 11.2. The number of piperazine rings is 1. The van der Waals surface area contributed by atoms with Crippen LogP contribution >= 0.6 is 0 Å². The molecule has 1 aliphatic heterocycles. The molecule has 0 bridgehead atoms. The van der Waals surface area contributed by atoms with E-state index >= 15 is 0 Å². The van der Waals surface area contributed by atoms with E-state index in [9.17, 15) is 4.79 Å². The van der Waals surface area contributed by atoms with E-state index in [1.165, 1.54) is 12.5 Å². The molecule has 128 valence electrons. The molecule has 0 aliphatic carbocycles. The summed E-state index contributed by atoms with van der Waals surface area (Å²) in [6.45, 7) is 8.94. The second-order valence-corrected chi connectivity index (χ2v) is 6.16. The molecule has 1 aromatic heterocycles. The molecule has 0 atom stereocenters. The lowest BCUT2D eigenvalue weighted by atomic mass is 10.1. The standard InChI is InChI=1S/C17H23N5O2/c1-13(23)18-16-5-3-4-15(10-16)11-21-6-8-22(9-7-21)12-17-19-14(2)24-20-17/h3-5,10H,6-9,11-12H2,1-2H3,(H,18,23). The maximum Gasteiger partial charge on any atom is 0.223 e. The lowest BCUT2D eigenvalue weighted by Crippen LogP contribution is -2.45. The van der Waals surface area contributed by atoms with Crippen molar-refractivity contribution in [3.8, 4) is 0 Å². The van der Waals surface area contributed by atoms with Gasteiger partial charge in [0.15, 0.2) is 5.82 Å². The molecule has 7 nitrogen and oxygen atoms in total. The van der Waals surface area contributed by atoms with Gasteiger partial charge in [-0.15, -0.1) is 0 Å². The third-order valence-electron chi connectivity index (χ3n) is 4.05. The highest BCUT2D eigenvalue weighted by atomic mass is 16.5. The number of amides is 1. The monoisotopic (exact) mass is 329 g/mol. The normalized spacial score (nSPS) is 16.2. The SMILES string of the molecule is CC(=O)Nc1cccc(CN2CCN(Cc3noc(C)n3)CC2)c1. The highest BCUT2D eigenvalue weighted by Crippen LogP contribution is 2.14. The largest absolute Gasteiger partial charge is 0.340 e. The maximum atomic E-state index is 11.2. The van der Waals surface area contributed by atoms with Crippen LogP contribution in [0.5, 0.6) is 0 Å². The number of rotatable bonds is 5. The van der Waals surface area contributed by atoms with Gasteiger partial charge in [-0.2, -0.15) is 4.98 Å². The number of aryl methyl sites for hydroxylation is 1. The van der Waals surface area contributed by atoms with Crippen LogP contribution in [0.2, 0.25) is 0 Å². The minimum atomic E-state index is -0.0440. The van der Waals surface area contributed by atoms with Crippen molar-refractivity contribution in [2.45, 2.75) is 26.9 Å². The first-order valence-corrected chi connectivity index (χ1v) is 8.19. The predicted molar refractivity (Wildman–Crippen MR) is 90.3 cm³/mol. The van der Waals surface area contributed by atoms with Gasteiger partial charge in [-0.3, -0.25) is 14.6 Å². The molecule has 0 saturated carbocycles. The van der Waals surface area contributed by atoms with Gasteiger partial charge in [-0.05, 0) is 17.7 Å². The number of hydrogen-bond donors (Lipinski definition) is 1. The number of hydrogen-bond acceptors (Lipinski definition) is 6. The van der Waals surface area contributed by atoms with Crippen molar-refractivity contribution in [3.05, 3.63) is 41.5 Å². The van der Waals surface area contributed by atoms with Gasteiger partial charge in [-0.1, -0.05) is 17.3 Å². The molecule has 1 aliphatic rings. The Bertz CT molecular complexity index is 692. The molecular formula is C17H23N5O2. The lowest BCUT2D eigenvalue weighted by molar-refractivity contribution is -0.114. The predicted octanol–water partition coefficient (Wildman–Crippen LogP) is 1.65. The number of benzene rings is 1. The molecule has 7 heteroatoms. The number of nitrogens with one attached hydrogen (secondary N) is 1. The van der Waals surface area contributed by atoms with Gasteiger partial charge in [0.1, 0.15) is 0 Å². The zero-order chi connectivity index (χ0) is 16.9. The Hall–Kier alpha value is -2.25. The summed E-state index contributed by atoms with van der Waals surface area (Å²) in [4.78, 5) is 20.2. The number of carbonyl (C=O) groups is 1. The van der Waals surface area contributed by atoms with Gasteiger partial charge in [-0.25, -0.2) is 0 Å². The van der Waals surface area contributed by atoms with Crippen molar-refractivity contribution in [3.63, 3.8) is 0 Å². The fourth-order valence-electron chi connectivity index (χ4n) is 2.92. The lowest BCUT2D eigenvalue weighted by Gasteiger charge is -2.34. The van der Waals surface area contributed by atoms with Gasteiger partial charge >= 0.3 is 0 Å². The van der Waals surface area contributed by atoms with Gasteiger partial charge in [0, 0.05) is 52.3 Å². The van der Waals surface area contributed by atoms with Crippen molar-refractivity contribution in [2.24, 2.45) is 0 Å². The average molecular weight is 329 g/mol. The van der Waals surface area contributed by atoms with E-state index in [1.807, 2.05) is 25.1 Å². The van der Waals surface area contributed by atoms with Crippen LogP contribution in [0.4, 0.5) is 5.69 Å². The first-order chi connectivity index (χ1) is 11.6. The van der Waals surface area contributed by atoms with Gasteiger partial charge in [0.25, 0.3) is 0 Å². The highest BCUT2D eigenvalue weighted by Gasteiger charge is 2.18. The third-order valence-corrected chi connectivity index (χ3v) is 4.05. The summed E-state index contributed by atoms with van der Waals surface area (Å²) in [5.74, 6) is 1.32. The van der Waals surface area contributed by atoms with E-state index in [0.29, 0.717) is 5.89 Å². The summed E-state index contributed by atoms with van der Waals surface area (Å²) in [5, 5.41) is 6.78. The quantitative estimate of drug-likeness (QED) is 0.899. The summed E-state index contributed by atoms with van der Waals surface area (Å²) < 4.78 is 5.02. The number of aromatic nitrogens is 2. The molecule has 1 saturated heterocycles. The van der Waals surface area contributed by atoms with Crippen LogP contribution in [-0.4, -0.2) is 52.0 Å². The Balaban J connectivity index is 1.49. The van der Waals surface area contributed by atoms with Gasteiger partial charge in [0.2, 0.25) is 11.8 Å². The molecule has 3 rings (SSSR count). The van der Waals surface area contributed by atoms with Crippen LogP contribution in [0.1, 0.15) is 24.2 Å². The number of carbonyl (C=O) groups excluding carboxylic acids is 1. The molecule has 2 heterocycles. The zero-order valence-electron chi connectivity index (χ0n) is 14.2. The zero-order valence-corrected chi connectivity index (χ0v) is 14.2. The summed E-state index contributed by atoms with van der Waals surface area (Å²) >= 11 is 0. The first-order valence-electron chi connectivity index (χ1n) is 8.19. The fourth-order valence-corrected chi connectivity index (χ4v) is 2.92. The average Bonchev–Trinajstić information content (AvgIpc) is 2.94. The highest BCUT2D eigenvalue weighted by molar-refractivity contribution is 5.88. The molecule has 1 aromatic carbocycles. The van der Waals surface area contributed by atoms with Crippen LogP contribution in [0.25, 0.3) is 0 Å². The molecule has 0 spiro atoms. The van der Waals surface area contributed by atoms with Crippen LogP contribution in [-0.2, 0) is 17.9 Å². The Morgan fingerprint density at radius 3 is 2.54 bits per heavy atom. The molecule has 1 fully saturated rings. The molecule has 1 amide bonds. The van der Waals surface area contributed by atoms with E-state index in [1.54, 1.807) is 0 Å². The van der Waals surface area contributed by atoms with E-state index in [0.717, 1.165) is 50.8 Å². The summed E-state index contributed by atoms with van der Waals surface area (Å²) in [6.07, 6.45) is 0. The molecule has 2 aromatic rings. The van der Waals surface area contributed by atoms with Crippen molar-refractivity contribution in [2.75, 3.05) is 31.5 Å². The second kappa shape index (κ2) is 7.55. The Morgan fingerprint density at radius 1 is 1.21 bits per heavy atom. The van der Waals surface area contributed by atoms with Crippen LogP contribution in [0, 0.1) is 6.92 Å². The van der Waals surface area contributed by atoms with Crippen molar-refractivity contribution in [1.82, 2.24) is 19.9 Å². The van der Waals surface area contributed by atoms with E-state index in [-0.39, 0.29) is 5.91 Å². The Morgan fingerprint density at radius 2 is 1.92 bits per heavy atom. The van der Waals surface area contributed by atoms with E-state index in [4.69, 9.17) is 4.52 Å². The minimum absolute atomic E-state index is 0.0440. The third kappa shape index (κ3) is 4.62. The van der Waals surface area contributed by atoms with Crippen LogP contribution in [0.15, 0.2) is 28.8 Å². The smallest absolute Gasteiger partial charge is 0.223 e. The van der Waals surface area contributed by atoms with Gasteiger partial charge < -0.3 is 9.84 Å². The van der Waals surface area contributed by atoms with Crippen LogP contribution < -0.4 is 5.32 Å². The summed E-state index contributed by atoms with van der Waals surface area (Å²) in [6, 6.07) is 8.03. The molecule has 24 heavy (non-hydrogen) atoms. The Labute approximate surface area is 141 Å². The molecule has 0 radical (unpaired) electrons. The van der Waals surface area contributed by atoms with Gasteiger partial charge in [0.05, 0.1) is 6.54 Å².